The average molecular weight is 457 g/mol. The van der Waals surface area contributed by atoms with Crippen molar-refractivity contribution in [2.24, 2.45) is 5.92 Å². The van der Waals surface area contributed by atoms with E-state index in [1.165, 1.54) is 12.8 Å². The van der Waals surface area contributed by atoms with Crippen molar-refractivity contribution in [3.63, 3.8) is 0 Å². The first-order valence-corrected chi connectivity index (χ1v) is 12.0. The highest BCUT2D eigenvalue weighted by molar-refractivity contribution is 7.85. The van der Waals surface area contributed by atoms with Crippen LogP contribution >= 0.6 is 11.6 Å². The van der Waals surface area contributed by atoms with Gasteiger partial charge in [0.25, 0.3) is 10.1 Å². The lowest BCUT2D eigenvalue weighted by Gasteiger charge is -2.32. The summed E-state index contributed by atoms with van der Waals surface area (Å²) >= 11 is 6.39. The molecule has 2 aromatic rings. The lowest BCUT2D eigenvalue weighted by atomic mass is 9.87. The maximum atomic E-state index is 11.3. The smallest absolute Gasteiger partial charge is 0.261 e. The summed E-state index contributed by atoms with van der Waals surface area (Å²) < 4.78 is 25.9. The summed E-state index contributed by atoms with van der Waals surface area (Å²) in [5, 5.41) is 31.3. The molecule has 1 saturated carbocycles. The number of hydroxylamine groups is 3. The maximum absolute atomic E-state index is 11.3. The minimum absolute atomic E-state index is 0.0278. The monoisotopic (exact) mass is 456 g/mol. The normalized spacial score (nSPS) is 23.7. The van der Waals surface area contributed by atoms with E-state index >= 15 is 0 Å². The zero-order valence-electron chi connectivity index (χ0n) is 16.7. The Balaban J connectivity index is 0.000000461. The molecule has 1 heterocycles. The van der Waals surface area contributed by atoms with E-state index in [-0.39, 0.29) is 22.1 Å². The number of phenols is 2. The quantitative estimate of drug-likeness (QED) is 0.414. The van der Waals surface area contributed by atoms with Crippen LogP contribution in [0.3, 0.4) is 0 Å². The van der Waals surface area contributed by atoms with E-state index in [1.54, 1.807) is 18.2 Å². The molecule has 2 aromatic carbocycles. The maximum Gasteiger partial charge on any atom is 0.261 e. The number of hydrogen-bond donors (Lipinski definition) is 4. The van der Waals surface area contributed by atoms with Crippen molar-refractivity contribution < 1.29 is 33.0 Å². The predicted octanol–water partition coefficient (Wildman–Crippen LogP) is 3.56. The molecular formula is C21H27ClNO6S+. The van der Waals surface area contributed by atoms with Gasteiger partial charge in [-0.2, -0.15) is 13.1 Å². The fourth-order valence-corrected chi connectivity index (χ4v) is 4.26. The zero-order chi connectivity index (χ0) is 22.1. The van der Waals surface area contributed by atoms with Gasteiger partial charge in [0.1, 0.15) is 31.1 Å². The molecular weight excluding hydrogens is 430 g/mol. The Morgan fingerprint density at radius 2 is 1.70 bits per heavy atom. The Labute approximate surface area is 181 Å². The molecule has 2 aliphatic rings. The SMILES string of the molecule is CS(=O)(=O)O.Oc1ccc(C2C[N+](O)(CC3CC3)CCc3c2ccc(O)c3Cl)cc1. The second-order valence-corrected chi connectivity index (χ2v) is 10.1. The van der Waals surface area contributed by atoms with Crippen molar-refractivity contribution >= 4 is 21.7 Å². The van der Waals surface area contributed by atoms with E-state index < -0.39 is 10.1 Å². The molecule has 0 amide bonds. The fourth-order valence-electron chi connectivity index (χ4n) is 3.99. The molecule has 1 aliphatic carbocycles. The summed E-state index contributed by atoms with van der Waals surface area (Å²) in [6.07, 6.45) is 3.74. The Hall–Kier alpha value is -1.84. The number of fused-ring (bicyclic) bond motifs is 1. The number of rotatable bonds is 3. The molecule has 4 rings (SSSR count). The summed E-state index contributed by atoms with van der Waals surface area (Å²) in [7, 11) is -3.67. The van der Waals surface area contributed by atoms with Crippen LogP contribution in [0.4, 0.5) is 0 Å². The third-order valence-corrected chi connectivity index (χ3v) is 5.95. The Kier molecular flexibility index (Phi) is 6.64. The Morgan fingerprint density at radius 1 is 1.10 bits per heavy atom. The van der Waals surface area contributed by atoms with Crippen molar-refractivity contribution in [2.45, 2.75) is 25.2 Å². The van der Waals surface area contributed by atoms with Crippen LogP contribution in [0.25, 0.3) is 0 Å². The van der Waals surface area contributed by atoms with E-state index in [0.717, 1.165) is 23.2 Å². The molecule has 0 bridgehead atoms. The largest absolute Gasteiger partial charge is 0.508 e. The first-order valence-electron chi connectivity index (χ1n) is 9.75. The molecule has 30 heavy (non-hydrogen) atoms. The van der Waals surface area contributed by atoms with Crippen molar-refractivity contribution in [2.75, 3.05) is 25.9 Å². The summed E-state index contributed by atoms with van der Waals surface area (Å²) in [6.45, 7) is 1.95. The van der Waals surface area contributed by atoms with Gasteiger partial charge in [-0.3, -0.25) is 4.55 Å². The van der Waals surface area contributed by atoms with Gasteiger partial charge in [-0.1, -0.05) is 29.8 Å². The van der Waals surface area contributed by atoms with Crippen molar-refractivity contribution in [3.8, 4) is 11.5 Å². The lowest BCUT2D eigenvalue weighted by molar-refractivity contribution is -1.10. The molecule has 9 heteroatoms. The first kappa shape index (κ1) is 22.8. The highest BCUT2D eigenvalue weighted by Gasteiger charge is 2.41. The summed E-state index contributed by atoms with van der Waals surface area (Å²) in [5.41, 5.74) is 3.01. The van der Waals surface area contributed by atoms with E-state index in [2.05, 4.69) is 0 Å². The van der Waals surface area contributed by atoms with E-state index in [0.29, 0.717) is 36.7 Å². The second-order valence-electron chi connectivity index (χ2n) is 8.22. The number of quaternary nitrogens is 1. The van der Waals surface area contributed by atoms with Gasteiger partial charge in [-0.25, -0.2) is 5.21 Å². The van der Waals surface area contributed by atoms with Gasteiger partial charge in [0.05, 0.1) is 17.2 Å². The molecule has 0 aromatic heterocycles. The second kappa shape index (κ2) is 8.72. The third-order valence-electron chi connectivity index (χ3n) is 5.53. The van der Waals surface area contributed by atoms with Gasteiger partial charge < -0.3 is 10.2 Å². The highest BCUT2D eigenvalue weighted by atomic mass is 35.5. The fraction of sp³-hybridized carbons (Fsp3) is 0.429. The molecule has 164 valence electrons. The summed E-state index contributed by atoms with van der Waals surface area (Å²) in [4.78, 5) is 0. The Bertz CT molecular complexity index is 999. The number of nitrogens with zero attached hydrogens (tertiary/aromatic N) is 1. The molecule has 2 atom stereocenters. The van der Waals surface area contributed by atoms with Crippen molar-refractivity contribution in [1.29, 1.82) is 0 Å². The van der Waals surface area contributed by atoms with Gasteiger partial charge in [-0.05, 0) is 47.7 Å². The topological polar surface area (TPSA) is 115 Å². The first-order chi connectivity index (χ1) is 14.0. The number of hydrogen-bond acceptors (Lipinski definition) is 5. The number of aromatic hydroxyl groups is 2. The van der Waals surface area contributed by atoms with Crippen LogP contribution in [0, 0.1) is 5.92 Å². The van der Waals surface area contributed by atoms with Gasteiger partial charge in [0.2, 0.25) is 0 Å². The van der Waals surface area contributed by atoms with Crippen LogP contribution in [0.2, 0.25) is 5.02 Å². The van der Waals surface area contributed by atoms with E-state index in [1.807, 2.05) is 18.2 Å². The number of benzene rings is 2. The van der Waals surface area contributed by atoms with E-state index in [4.69, 9.17) is 16.2 Å². The van der Waals surface area contributed by atoms with Crippen LogP contribution in [-0.4, -0.2) is 58.9 Å². The zero-order valence-corrected chi connectivity index (χ0v) is 18.3. The minimum Gasteiger partial charge on any atom is -0.508 e. The molecule has 4 N–H and O–H groups in total. The van der Waals surface area contributed by atoms with Crippen LogP contribution in [0.5, 0.6) is 11.5 Å². The van der Waals surface area contributed by atoms with Crippen LogP contribution in [-0.2, 0) is 16.5 Å². The Morgan fingerprint density at radius 3 is 2.27 bits per heavy atom. The van der Waals surface area contributed by atoms with Gasteiger partial charge in [0, 0.05) is 12.3 Å². The van der Waals surface area contributed by atoms with Crippen LogP contribution < -0.4 is 0 Å². The summed E-state index contributed by atoms with van der Waals surface area (Å²) in [6, 6.07) is 10.7. The average Bonchev–Trinajstić information content (AvgIpc) is 3.45. The number of phenolic OH excluding ortho intramolecular Hbond substituents is 2. The molecule has 0 radical (unpaired) electrons. The molecule has 2 unspecified atom stereocenters. The molecule has 1 aliphatic heterocycles. The van der Waals surface area contributed by atoms with Crippen molar-refractivity contribution in [1.82, 2.24) is 0 Å². The van der Waals surface area contributed by atoms with E-state index in [9.17, 15) is 23.8 Å². The van der Waals surface area contributed by atoms with Crippen LogP contribution in [0.1, 0.15) is 35.4 Å². The lowest BCUT2D eigenvalue weighted by Crippen LogP contribution is -2.49. The van der Waals surface area contributed by atoms with Gasteiger partial charge >= 0.3 is 0 Å². The highest BCUT2D eigenvalue weighted by Crippen LogP contribution is 2.41. The standard InChI is InChI=1S/C20H22ClNO3.CH4O3S/c21-20-17-9-10-22(25,11-13-1-2-13)12-18(16(17)7-8-19(20)24)14-3-5-15(23)6-4-14;1-5(2,3)4/h3-8,13,18,25H,1-2,9-12H2,(H-,23,24);1H3,(H,2,3,4)/p+1. The van der Waals surface area contributed by atoms with Crippen molar-refractivity contribution in [3.05, 3.63) is 58.1 Å². The third kappa shape index (κ3) is 6.09. The molecule has 0 saturated heterocycles. The van der Waals surface area contributed by atoms with Gasteiger partial charge in [-0.15, -0.1) is 0 Å². The van der Waals surface area contributed by atoms with Gasteiger partial charge in [0.15, 0.2) is 0 Å². The molecule has 7 nitrogen and oxygen atoms in total. The summed E-state index contributed by atoms with van der Waals surface area (Å²) in [5.74, 6) is 0.893. The predicted molar refractivity (Wildman–Crippen MR) is 114 cm³/mol. The number of halogens is 1. The molecule has 1 fully saturated rings. The molecule has 0 spiro atoms. The minimum atomic E-state index is -3.67. The van der Waals surface area contributed by atoms with Crippen LogP contribution in [0.15, 0.2) is 36.4 Å².